The summed E-state index contributed by atoms with van der Waals surface area (Å²) in [6, 6.07) is 13.2. The third-order valence-electron chi connectivity index (χ3n) is 4.30. The zero-order chi connectivity index (χ0) is 18.9. The van der Waals surface area contributed by atoms with E-state index in [0.717, 1.165) is 35.5 Å². The maximum atomic E-state index is 12.2. The first-order valence-electron chi connectivity index (χ1n) is 8.78. The third-order valence-corrected chi connectivity index (χ3v) is 4.55. The molecule has 0 bridgehead atoms. The highest BCUT2D eigenvalue weighted by Crippen LogP contribution is 2.20. The van der Waals surface area contributed by atoms with Crippen LogP contribution in [0.1, 0.15) is 24.0 Å². The molecular formula is C21H26ClNO3. The first-order valence-corrected chi connectivity index (χ1v) is 9.16. The lowest BCUT2D eigenvalue weighted by Crippen LogP contribution is -2.32. The number of hydrogen-bond acceptors (Lipinski definition) is 3. The van der Waals surface area contributed by atoms with Crippen LogP contribution in [0, 0.1) is 13.8 Å². The Kier molecular flexibility index (Phi) is 7.79. The number of unbranched alkanes of at least 4 members (excludes halogenated alkanes) is 1. The van der Waals surface area contributed by atoms with E-state index in [-0.39, 0.29) is 12.5 Å². The molecule has 0 saturated carbocycles. The molecule has 0 aliphatic carbocycles. The Morgan fingerprint density at radius 3 is 2.50 bits per heavy atom. The van der Waals surface area contributed by atoms with E-state index in [9.17, 15) is 4.79 Å². The van der Waals surface area contributed by atoms with Gasteiger partial charge in [-0.25, -0.2) is 0 Å². The van der Waals surface area contributed by atoms with Crippen molar-refractivity contribution in [3.8, 4) is 11.5 Å². The molecule has 0 N–H and O–H groups in total. The number of benzene rings is 2. The number of halogens is 1. The Morgan fingerprint density at radius 1 is 1.04 bits per heavy atom. The van der Waals surface area contributed by atoms with E-state index in [1.807, 2.05) is 44.2 Å². The number of ether oxygens (including phenoxy) is 2. The van der Waals surface area contributed by atoms with Crippen LogP contribution in [-0.4, -0.2) is 37.6 Å². The molecule has 140 valence electrons. The fourth-order valence-electron chi connectivity index (χ4n) is 2.43. The predicted octanol–water partition coefficient (Wildman–Crippen LogP) is 4.65. The molecule has 2 aromatic carbocycles. The van der Waals surface area contributed by atoms with E-state index in [0.29, 0.717) is 18.2 Å². The molecule has 4 nitrogen and oxygen atoms in total. The van der Waals surface area contributed by atoms with Crippen LogP contribution < -0.4 is 9.47 Å². The molecule has 2 rings (SSSR count). The summed E-state index contributed by atoms with van der Waals surface area (Å²) in [5.74, 6) is 1.55. The average molecular weight is 376 g/mol. The number of likely N-dealkylation sites (N-methyl/N-ethyl adjacent to an activating group) is 1. The molecule has 5 heteroatoms. The smallest absolute Gasteiger partial charge is 0.260 e. The zero-order valence-corrected chi connectivity index (χ0v) is 16.4. The van der Waals surface area contributed by atoms with Crippen LogP contribution in [0.25, 0.3) is 0 Å². The number of carbonyl (C=O) groups excluding carboxylic acids is 1. The Bertz CT molecular complexity index is 716. The number of nitrogens with zero attached hydrogens (tertiary/aromatic N) is 1. The summed E-state index contributed by atoms with van der Waals surface area (Å²) in [5.41, 5.74) is 2.23. The van der Waals surface area contributed by atoms with Crippen molar-refractivity contribution in [3.05, 3.63) is 58.6 Å². The van der Waals surface area contributed by atoms with Crippen molar-refractivity contribution in [1.82, 2.24) is 4.90 Å². The highest BCUT2D eigenvalue weighted by atomic mass is 35.5. The zero-order valence-electron chi connectivity index (χ0n) is 15.6. The van der Waals surface area contributed by atoms with Crippen LogP contribution in [0.3, 0.4) is 0 Å². The minimum absolute atomic E-state index is 0.0236. The summed E-state index contributed by atoms with van der Waals surface area (Å²) in [4.78, 5) is 13.9. The topological polar surface area (TPSA) is 38.8 Å². The molecule has 0 aliphatic heterocycles. The second-order valence-electron chi connectivity index (χ2n) is 6.31. The maximum Gasteiger partial charge on any atom is 0.260 e. The molecular weight excluding hydrogens is 350 g/mol. The number of aryl methyl sites for hydroxylation is 1. The number of carbonyl (C=O) groups is 1. The molecule has 0 unspecified atom stereocenters. The van der Waals surface area contributed by atoms with Gasteiger partial charge in [-0.1, -0.05) is 23.7 Å². The highest BCUT2D eigenvalue weighted by molar-refractivity contribution is 6.30. The van der Waals surface area contributed by atoms with Gasteiger partial charge >= 0.3 is 0 Å². The maximum absolute atomic E-state index is 12.2. The Morgan fingerprint density at radius 2 is 1.77 bits per heavy atom. The van der Waals surface area contributed by atoms with Gasteiger partial charge in [-0.2, -0.15) is 0 Å². The van der Waals surface area contributed by atoms with Gasteiger partial charge in [0.25, 0.3) is 5.91 Å². The largest absolute Gasteiger partial charge is 0.494 e. The fourth-order valence-corrected chi connectivity index (χ4v) is 2.55. The van der Waals surface area contributed by atoms with E-state index < -0.39 is 0 Å². The molecule has 0 fully saturated rings. The van der Waals surface area contributed by atoms with Crippen LogP contribution in [0.15, 0.2) is 42.5 Å². The lowest BCUT2D eigenvalue weighted by molar-refractivity contribution is -0.132. The van der Waals surface area contributed by atoms with Gasteiger partial charge in [0.05, 0.1) is 6.61 Å². The lowest BCUT2D eigenvalue weighted by Gasteiger charge is -2.18. The van der Waals surface area contributed by atoms with E-state index >= 15 is 0 Å². The van der Waals surface area contributed by atoms with Crippen LogP contribution in [0.2, 0.25) is 5.02 Å². The SMILES string of the molecule is Cc1cccc(OCC(=O)N(C)CCCCOc2ccc(Cl)cc2)c1C. The highest BCUT2D eigenvalue weighted by Gasteiger charge is 2.10. The second kappa shape index (κ2) is 10.1. The lowest BCUT2D eigenvalue weighted by atomic mass is 10.1. The first kappa shape index (κ1) is 20.1. The van der Waals surface area contributed by atoms with Gasteiger partial charge in [-0.05, 0) is 68.1 Å². The Labute approximate surface area is 160 Å². The van der Waals surface area contributed by atoms with E-state index in [1.165, 1.54) is 0 Å². The van der Waals surface area contributed by atoms with Gasteiger partial charge in [0.15, 0.2) is 6.61 Å². The van der Waals surface area contributed by atoms with Gasteiger partial charge in [0.2, 0.25) is 0 Å². The van der Waals surface area contributed by atoms with Gasteiger partial charge in [-0.3, -0.25) is 4.79 Å². The summed E-state index contributed by atoms with van der Waals surface area (Å²) < 4.78 is 11.3. The molecule has 2 aromatic rings. The Balaban J connectivity index is 1.64. The third kappa shape index (κ3) is 6.26. The fraction of sp³-hybridized carbons (Fsp3) is 0.381. The standard InChI is InChI=1S/C21H26ClNO3/c1-16-7-6-8-20(17(16)2)26-15-21(24)23(3)13-4-5-14-25-19-11-9-18(22)10-12-19/h6-12H,4-5,13-15H2,1-3H3. The van der Waals surface area contributed by atoms with Crippen molar-refractivity contribution in [2.75, 3.05) is 26.8 Å². The van der Waals surface area contributed by atoms with Gasteiger partial charge in [0, 0.05) is 18.6 Å². The second-order valence-corrected chi connectivity index (χ2v) is 6.75. The summed E-state index contributed by atoms with van der Waals surface area (Å²) in [6.07, 6.45) is 1.75. The number of amides is 1. The molecule has 0 aromatic heterocycles. The summed E-state index contributed by atoms with van der Waals surface area (Å²) in [6.45, 7) is 5.38. The van der Waals surface area contributed by atoms with E-state index in [2.05, 4.69) is 0 Å². The normalized spacial score (nSPS) is 10.5. The molecule has 0 spiro atoms. The molecule has 0 heterocycles. The van der Waals surface area contributed by atoms with Gasteiger partial charge < -0.3 is 14.4 Å². The van der Waals surface area contributed by atoms with Crippen LogP contribution >= 0.6 is 11.6 Å². The van der Waals surface area contributed by atoms with Crippen molar-refractivity contribution in [2.24, 2.45) is 0 Å². The van der Waals surface area contributed by atoms with Crippen molar-refractivity contribution >= 4 is 17.5 Å². The number of hydrogen-bond donors (Lipinski definition) is 0. The molecule has 26 heavy (non-hydrogen) atoms. The van der Waals surface area contributed by atoms with E-state index in [1.54, 1.807) is 24.1 Å². The van der Waals surface area contributed by atoms with E-state index in [4.69, 9.17) is 21.1 Å². The molecule has 0 atom stereocenters. The molecule has 0 radical (unpaired) electrons. The Hall–Kier alpha value is -2.20. The minimum Gasteiger partial charge on any atom is -0.494 e. The van der Waals surface area contributed by atoms with Crippen molar-refractivity contribution in [3.63, 3.8) is 0 Å². The summed E-state index contributed by atoms with van der Waals surface area (Å²) >= 11 is 5.84. The first-order chi connectivity index (χ1) is 12.5. The minimum atomic E-state index is -0.0236. The van der Waals surface area contributed by atoms with Crippen LogP contribution in [0.5, 0.6) is 11.5 Å². The van der Waals surface area contributed by atoms with Crippen molar-refractivity contribution in [1.29, 1.82) is 0 Å². The monoisotopic (exact) mass is 375 g/mol. The predicted molar refractivity (Wildman–Crippen MR) is 105 cm³/mol. The number of rotatable bonds is 9. The molecule has 0 aliphatic rings. The van der Waals surface area contributed by atoms with Gasteiger partial charge in [-0.15, -0.1) is 0 Å². The van der Waals surface area contributed by atoms with Crippen molar-refractivity contribution < 1.29 is 14.3 Å². The average Bonchev–Trinajstić information content (AvgIpc) is 2.63. The van der Waals surface area contributed by atoms with Crippen LogP contribution in [0.4, 0.5) is 0 Å². The van der Waals surface area contributed by atoms with Crippen molar-refractivity contribution in [2.45, 2.75) is 26.7 Å². The quantitative estimate of drug-likeness (QED) is 0.598. The molecule has 0 saturated heterocycles. The van der Waals surface area contributed by atoms with Gasteiger partial charge in [0.1, 0.15) is 11.5 Å². The molecule has 1 amide bonds. The summed E-state index contributed by atoms with van der Waals surface area (Å²) in [7, 11) is 1.80. The summed E-state index contributed by atoms with van der Waals surface area (Å²) in [5, 5.41) is 0.695. The van der Waals surface area contributed by atoms with Crippen LogP contribution in [-0.2, 0) is 4.79 Å².